The number of hydrogen-bond donors (Lipinski definition) is 0. The molecule has 2 aromatic carbocycles. The number of aryl methyl sites for hydroxylation is 1. The zero-order valence-electron chi connectivity index (χ0n) is 14.3. The molecule has 0 amide bonds. The van der Waals surface area contributed by atoms with Gasteiger partial charge in [-0.3, -0.25) is 4.79 Å². The Kier molecular flexibility index (Phi) is 6.45. The van der Waals surface area contributed by atoms with Crippen molar-refractivity contribution in [2.75, 3.05) is 7.11 Å². The molecule has 2 aromatic rings. The molecule has 1 atom stereocenters. The number of rotatable bonds is 6. The molecule has 0 heterocycles. The average molecular weight is 322 g/mol. The van der Waals surface area contributed by atoms with Crippen LogP contribution in [0.5, 0.6) is 5.75 Å². The summed E-state index contributed by atoms with van der Waals surface area (Å²) in [6.45, 7) is 4.37. The van der Waals surface area contributed by atoms with Crippen molar-refractivity contribution in [1.82, 2.24) is 0 Å². The van der Waals surface area contributed by atoms with Crippen molar-refractivity contribution in [3.63, 3.8) is 0 Å². The van der Waals surface area contributed by atoms with E-state index in [0.717, 1.165) is 11.3 Å². The second-order valence-corrected chi connectivity index (χ2v) is 5.51. The van der Waals surface area contributed by atoms with Crippen molar-refractivity contribution in [1.29, 1.82) is 0 Å². The highest BCUT2D eigenvalue weighted by molar-refractivity contribution is 5.71. The molecular formula is C21H22O3. The highest BCUT2D eigenvalue weighted by Gasteiger charge is 2.14. The predicted molar refractivity (Wildman–Crippen MR) is 94.8 cm³/mol. The number of esters is 1. The van der Waals surface area contributed by atoms with Crippen LogP contribution in [-0.4, -0.2) is 13.1 Å². The van der Waals surface area contributed by atoms with Gasteiger partial charge in [-0.05, 0) is 42.7 Å². The summed E-state index contributed by atoms with van der Waals surface area (Å²) in [5.74, 6) is 6.31. The van der Waals surface area contributed by atoms with Gasteiger partial charge in [-0.25, -0.2) is 0 Å². The van der Waals surface area contributed by atoms with E-state index in [4.69, 9.17) is 9.47 Å². The van der Waals surface area contributed by atoms with Gasteiger partial charge in [0.2, 0.25) is 0 Å². The molecule has 3 nitrogen and oxygen atoms in total. The molecule has 3 heteroatoms. The Hall–Kier alpha value is -2.73. The van der Waals surface area contributed by atoms with Crippen LogP contribution in [0.1, 0.15) is 36.0 Å². The van der Waals surface area contributed by atoms with Crippen molar-refractivity contribution in [3.05, 3.63) is 65.2 Å². The van der Waals surface area contributed by atoms with E-state index >= 15 is 0 Å². The maximum absolute atomic E-state index is 11.5. The molecule has 0 N–H and O–H groups in total. The maximum Gasteiger partial charge on any atom is 0.307 e. The fourth-order valence-electron chi connectivity index (χ4n) is 2.41. The summed E-state index contributed by atoms with van der Waals surface area (Å²) in [5, 5.41) is 0. The number of benzene rings is 2. The lowest BCUT2D eigenvalue weighted by Crippen LogP contribution is -2.07. The van der Waals surface area contributed by atoms with Gasteiger partial charge in [0.25, 0.3) is 0 Å². The van der Waals surface area contributed by atoms with E-state index in [9.17, 15) is 4.79 Å². The zero-order valence-corrected chi connectivity index (χ0v) is 14.3. The Balaban J connectivity index is 2.04. The molecule has 0 radical (unpaired) electrons. The second kappa shape index (κ2) is 8.79. The van der Waals surface area contributed by atoms with Crippen LogP contribution in [0.25, 0.3) is 0 Å². The maximum atomic E-state index is 11.5. The third-order valence-electron chi connectivity index (χ3n) is 3.86. The van der Waals surface area contributed by atoms with Gasteiger partial charge < -0.3 is 9.47 Å². The van der Waals surface area contributed by atoms with E-state index in [1.54, 1.807) is 6.92 Å². The van der Waals surface area contributed by atoms with Gasteiger partial charge in [0.05, 0.1) is 19.4 Å². The Morgan fingerprint density at radius 1 is 1.12 bits per heavy atom. The van der Waals surface area contributed by atoms with Crippen molar-refractivity contribution in [2.45, 2.75) is 32.8 Å². The molecule has 0 unspecified atom stereocenters. The van der Waals surface area contributed by atoms with Crippen LogP contribution < -0.4 is 4.74 Å². The van der Waals surface area contributed by atoms with Crippen molar-refractivity contribution in [3.8, 4) is 17.6 Å². The SMILES string of the molecule is CC#C[C@@H](CC(=O)OC)c1ccc(OCc2ccccc2C)cc1. The molecule has 0 aliphatic rings. The van der Waals surface area contributed by atoms with E-state index in [1.165, 1.54) is 18.2 Å². The first-order valence-corrected chi connectivity index (χ1v) is 7.90. The molecular weight excluding hydrogens is 300 g/mol. The lowest BCUT2D eigenvalue weighted by Gasteiger charge is -2.12. The van der Waals surface area contributed by atoms with Crippen molar-refractivity contribution < 1.29 is 14.3 Å². The topological polar surface area (TPSA) is 35.5 Å². The summed E-state index contributed by atoms with van der Waals surface area (Å²) < 4.78 is 10.6. The molecule has 0 spiro atoms. The van der Waals surface area contributed by atoms with Gasteiger partial charge in [-0.15, -0.1) is 5.92 Å². The molecule has 24 heavy (non-hydrogen) atoms. The minimum absolute atomic E-state index is 0.159. The molecule has 0 bridgehead atoms. The second-order valence-electron chi connectivity index (χ2n) is 5.51. The van der Waals surface area contributed by atoms with Crippen LogP contribution in [0, 0.1) is 18.8 Å². The van der Waals surface area contributed by atoms with Gasteiger partial charge in [0.15, 0.2) is 0 Å². The molecule has 0 saturated heterocycles. The minimum atomic E-state index is -0.261. The molecule has 0 saturated carbocycles. The number of carbonyl (C=O) groups excluding carboxylic acids is 1. The zero-order chi connectivity index (χ0) is 17.4. The quantitative estimate of drug-likeness (QED) is 0.589. The van der Waals surface area contributed by atoms with Crippen LogP contribution >= 0.6 is 0 Å². The van der Waals surface area contributed by atoms with Crippen molar-refractivity contribution in [2.24, 2.45) is 0 Å². The molecule has 0 aliphatic carbocycles. The minimum Gasteiger partial charge on any atom is -0.489 e. The van der Waals surface area contributed by atoms with Crippen LogP contribution in [0.2, 0.25) is 0 Å². The smallest absolute Gasteiger partial charge is 0.307 e. The van der Waals surface area contributed by atoms with Crippen LogP contribution in [-0.2, 0) is 16.1 Å². The molecule has 0 aliphatic heterocycles. The Labute approximate surface area is 143 Å². The van der Waals surface area contributed by atoms with Gasteiger partial charge >= 0.3 is 5.97 Å². The van der Waals surface area contributed by atoms with Crippen LogP contribution in [0.4, 0.5) is 0 Å². The summed E-state index contributed by atoms with van der Waals surface area (Å²) in [5.41, 5.74) is 3.37. The van der Waals surface area contributed by atoms with Gasteiger partial charge in [-0.1, -0.05) is 42.3 Å². The number of hydrogen-bond acceptors (Lipinski definition) is 3. The monoisotopic (exact) mass is 322 g/mol. The average Bonchev–Trinajstić information content (AvgIpc) is 2.61. The van der Waals surface area contributed by atoms with Crippen LogP contribution in [0.3, 0.4) is 0 Å². The third kappa shape index (κ3) is 4.89. The third-order valence-corrected chi connectivity index (χ3v) is 3.86. The Morgan fingerprint density at radius 3 is 2.46 bits per heavy atom. The predicted octanol–water partition coefficient (Wildman–Crippen LogP) is 4.24. The van der Waals surface area contributed by atoms with Gasteiger partial charge in [0, 0.05) is 0 Å². The summed E-state index contributed by atoms with van der Waals surface area (Å²) in [7, 11) is 1.39. The fraction of sp³-hybridized carbons (Fsp3) is 0.286. The van der Waals surface area contributed by atoms with E-state index < -0.39 is 0 Å². The summed E-state index contributed by atoms with van der Waals surface area (Å²) >= 11 is 0. The Morgan fingerprint density at radius 2 is 1.83 bits per heavy atom. The summed E-state index contributed by atoms with van der Waals surface area (Å²) in [6.07, 6.45) is 0.251. The van der Waals surface area contributed by atoms with E-state index in [0.29, 0.717) is 6.61 Å². The molecule has 0 fully saturated rings. The molecule has 124 valence electrons. The number of ether oxygens (including phenoxy) is 2. The van der Waals surface area contributed by atoms with E-state index in [-0.39, 0.29) is 18.3 Å². The highest BCUT2D eigenvalue weighted by Crippen LogP contribution is 2.23. The van der Waals surface area contributed by atoms with Gasteiger partial charge in [-0.2, -0.15) is 0 Å². The summed E-state index contributed by atoms with van der Waals surface area (Å²) in [6, 6.07) is 15.9. The largest absolute Gasteiger partial charge is 0.489 e. The first-order valence-electron chi connectivity index (χ1n) is 7.90. The number of carbonyl (C=O) groups is 1. The first-order chi connectivity index (χ1) is 11.6. The molecule has 0 aromatic heterocycles. The number of methoxy groups -OCH3 is 1. The van der Waals surface area contributed by atoms with Crippen LogP contribution in [0.15, 0.2) is 48.5 Å². The molecule has 2 rings (SSSR count). The standard InChI is InChI=1S/C21H22O3/c1-4-7-18(14-21(22)23-3)17-10-12-20(13-11-17)24-15-19-9-6-5-8-16(19)2/h5-6,8-13,18H,14-15H2,1-3H3/t18-/m0/s1. The van der Waals surface area contributed by atoms with Crippen molar-refractivity contribution >= 4 is 5.97 Å². The Bertz CT molecular complexity index is 736. The summed E-state index contributed by atoms with van der Waals surface area (Å²) in [4.78, 5) is 11.5. The lowest BCUT2D eigenvalue weighted by atomic mass is 9.96. The van der Waals surface area contributed by atoms with Gasteiger partial charge in [0.1, 0.15) is 12.4 Å². The normalized spacial score (nSPS) is 11.1. The van der Waals surface area contributed by atoms with E-state index in [2.05, 4.69) is 30.9 Å². The highest BCUT2D eigenvalue weighted by atomic mass is 16.5. The van der Waals surface area contributed by atoms with E-state index in [1.807, 2.05) is 36.4 Å². The lowest BCUT2D eigenvalue weighted by molar-refractivity contribution is -0.140. The fourth-order valence-corrected chi connectivity index (χ4v) is 2.41. The first kappa shape index (κ1) is 17.6.